The first-order chi connectivity index (χ1) is 19.6. The van der Waals surface area contributed by atoms with Crippen LogP contribution in [0.1, 0.15) is 72.9 Å². The molecule has 0 saturated heterocycles. The average Bonchev–Trinajstić information content (AvgIpc) is 3.33. The van der Waals surface area contributed by atoms with Crippen LogP contribution in [0.5, 0.6) is 5.75 Å². The molecule has 0 N–H and O–H groups in total. The Labute approximate surface area is 237 Å². The van der Waals surface area contributed by atoms with Crippen LogP contribution in [0.25, 0.3) is 6.08 Å². The van der Waals surface area contributed by atoms with Gasteiger partial charge in [0.1, 0.15) is 5.75 Å². The number of ether oxygens (including phenoxy) is 1. The summed E-state index contributed by atoms with van der Waals surface area (Å²) in [4.78, 5) is 36.9. The number of hydrogen-bond donors (Lipinski definition) is 0. The third-order valence-electron chi connectivity index (χ3n) is 7.00. The van der Waals surface area contributed by atoms with Crippen molar-refractivity contribution in [3.05, 3.63) is 114 Å². The van der Waals surface area contributed by atoms with E-state index in [9.17, 15) is 14.4 Å². The molecule has 1 aliphatic rings. The van der Waals surface area contributed by atoms with Crippen molar-refractivity contribution < 1.29 is 19.1 Å². The number of benzene rings is 3. The van der Waals surface area contributed by atoms with Crippen molar-refractivity contribution in [3.8, 4) is 5.75 Å². The highest BCUT2D eigenvalue weighted by Crippen LogP contribution is 2.22. The minimum absolute atomic E-state index is 0.0238. The molecule has 0 saturated carbocycles. The number of imide groups is 1. The number of nitrogens with zero attached hydrogens (tertiary/aromatic N) is 1. The molecule has 5 heteroatoms. The zero-order valence-corrected chi connectivity index (χ0v) is 23.0. The third-order valence-corrected chi connectivity index (χ3v) is 7.00. The SMILES string of the molecule is O=C(/C=C/c1ccc(CCCCCCCCCCOc2ccc(N3C(=O)C=CC3=O)cc2)cc1)c1ccccc1. The minimum atomic E-state index is -0.312. The van der Waals surface area contributed by atoms with Gasteiger partial charge in [0.2, 0.25) is 0 Å². The van der Waals surface area contributed by atoms with Gasteiger partial charge in [-0.05, 0) is 60.7 Å². The molecule has 0 spiro atoms. The number of carbonyl (C=O) groups is 3. The molecular formula is C35H37NO4. The first kappa shape index (κ1) is 28.8. The molecule has 1 aliphatic heterocycles. The lowest BCUT2D eigenvalue weighted by Crippen LogP contribution is -2.29. The number of carbonyl (C=O) groups excluding carboxylic acids is 3. The lowest BCUT2D eigenvalue weighted by atomic mass is 10.0. The molecular weight excluding hydrogens is 498 g/mol. The molecule has 0 fully saturated rings. The fourth-order valence-corrected chi connectivity index (χ4v) is 4.69. The van der Waals surface area contributed by atoms with Crippen molar-refractivity contribution in [2.24, 2.45) is 0 Å². The van der Waals surface area contributed by atoms with Crippen LogP contribution in [0.4, 0.5) is 5.69 Å². The highest BCUT2D eigenvalue weighted by Gasteiger charge is 2.24. The summed E-state index contributed by atoms with van der Waals surface area (Å²) in [6.07, 6.45) is 16.8. The molecule has 3 aromatic rings. The standard InChI is InChI=1S/C35H37NO4/c37-33(30-13-9-7-10-14-30)24-19-29-17-15-28(16-18-29)12-8-5-3-1-2-4-6-11-27-40-32-22-20-31(21-23-32)36-34(38)25-26-35(36)39/h7,9-10,13-26H,1-6,8,11-12,27H2/b24-19+. The molecule has 0 unspecified atom stereocenters. The maximum atomic E-state index is 12.2. The first-order valence-electron chi connectivity index (χ1n) is 14.3. The van der Waals surface area contributed by atoms with Crippen molar-refractivity contribution in [2.75, 3.05) is 11.5 Å². The summed E-state index contributed by atoms with van der Waals surface area (Å²) in [5.74, 6) is 0.149. The van der Waals surface area contributed by atoms with E-state index < -0.39 is 0 Å². The average molecular weight is 536 g/mol. The van der Waals surface area contributed by atoms with Gasteiger partial charge in [0.25, 0.3) is 11.8 Å². The van der Waals surface area contributed by atoms with Crippen molar-refractivity contribution in [1.29, 1.82) is 0 Å². The normalized spacial score (nSPS) is 12.9. The fourth-order valence-electron chi connectivity index (χ4n) is 4.69. The molecule has 40 heavy (non-hydrogen) atoms. The van der Waals surface area contributed by atoms with Gasteiger partial charge in [0, 0.05) is 17.7 Å². The van der Waals surface area contributed by atoms with Gasteiger partial charge in [0.05, 0.1) is 12.3 Å². The van der Waals surface area contributed by atoms with E-state index in [1.54, 1.807) is 30.3 Å². The molecule has 4 rings (SSSR count). The number of amides is 2. The van der Waals surface area contributed by atoms with E-state index in [0.717, 1.165) is 35.5 Å². The van der Waals surface area contributed by atoms with E-state index in [2.05, 4.69) is 24.3 Å². The number of ketones is 1. The van der Waals surface area contributed by atoms with Gasteiger partial charge in [-0.15, -0.1) is 0 Å². The Morgan fingerprint density at radius 3 is 1.93 bits per heavy atom. The zero-order valence-electron chi connectivity index (χ0n) is 23.0. The highest BCUT2D eigenvalue weighted by molar-refractivity contribution is 6.28. The smallest absolute Gasteiger partial charge is 0.258 e. The largest absolute Gasteiger partial charge is 0.494 e. The Morgan fingerprint density at radius 1 is 0.675 bits per heavy atom. The molecule has 5 nitrogen and oxygen atoms in total. The van der Waals surface area contributed by atoms with Gasteiger partial charge in [-0.25, -0.2) is 4.90 Å². The van der Waals surface area contributed by atoms with Crippen LogP contribution >= 0.6 is 0 Å². The summed E-state index contributed by atoms with van der Waals surface area (Å²) in [5.41, 5.74) is 3.66. The summed E-state index contributed by atoms with van der Waals surface area (Å²) < 4.78 is 5.81. The number of aryl methyl sites for hydroxylation is 1. The van der Waals surface area contributed by atoms with Crippen molar-refractivity contribution >= 4 is 29.4 Å². The second kappa shape index (κ2) is 15.4. The molecule has 206 valence electrons. The predicted octanol–water partition coefficient (Wildman–Crippen LogP) is 7.75. The first-order valence-corrected chi connectivity index (χ1v) is 14.3. The second-order valence-electron chi connectivity index (χ2n) is 10.1. The van der Waals surface area contributed by atoms with E-state index in [1.807, 2.05) is 36.4 Å². The Kier molecular flexibility index (Phi) is 11.0. The Hall–Kier alpha value is -4.25. The van der Waals surface area contributed by atoms with E-state index in [-0.39, 0.29) is 17.6 Å². The van der Waals surface area contributed by atoms with E-state index in [4.69, 9.17) is 4.74 Å². The summed E-state index contributed by atoms with van der Waals surface area (Å²) >= 11 is 0. The predicted molar refractivity (Wildman–Crippen MR) is 160 cm³/mol. The quantitative estimate of drug-likeness (QED) is 0.0814. The maximum absolute atomic E-state index is 12.2. The molecule has 3 aromatic carbocycles. The van der Waals surface area contributed by atoms with Gasteiger partial charge in [-0.2, -0.15) is 0 Å². The van der Waals surface area contributed by atoms with Crippen LogP contribution < -0.4 is 9.64 Å². The number of allylic oxidation sites excluding steroid dienone is 1. The van der Waals surface area contributed by atoms with Crippen molar-refractivity contribution in [1.82, 2.24) is 0 Å². The minimum Gasteiger partial charge on any atom is -0.494 e. The van der Waals surface area contributed by atoms with Crippen molar-refractivity contribution in [2.45, 2.75) is 57.8 Å². The number of rotatable bonds is 16. The Balaban J connectivity index is 0.997. The summed E-state index contributed by atoms with van der Waals surface area (Å²) in [7, 11) is 0. The molecule has 0 radical (unpaired) electrons. The van der Waals surface area contributed by atoms with Gasteiger partial charge in [-0.3, -0.25) is 14.4 Å². The maximum Gasteiger partial charge on any atom is 0.258 e. The van der Waals surface area contributed by atoms with Crippen LogP contribution in [0.3, 0.4) is 0 Å². The summed E-state index contributed by atoms with van der Waals surface area (Å²) in [5, 5.41) is 0. The third kappa shape index (κ3) is 8.91. The zero-order chi connectivity index (χ0) is 28.0. The molecule has 1 heterocycles. The fraction of sp³-hybridized carbons (Fsp3) is 0.286. The van der Waals surface area contributed by atoms with Gasteiger partial charge < -0.3 is 4.74 Å². The second-order valence-corrected chi connectivity index (χ2v) is 10.1. The number of hydrogen-bond acceptors (Lipinski definition) is 4. The van der Waals surface area contributed by atoms with Crippen LogP contribution in [0.15, 0.2) is 97.1 Å². The van der Waals surface area contributed by atoms with Crippen LogP contribution in [-0.4, -0.2) is 24.2 Å². The molecule has 0 aliphatic carbocycles. The van der Waals surface area contributed by atoms with Gasteiger partial charge in [-0.1, -0.05) is 99.2 Å². The van der Waals surface area contributed by atoms with Crippen LogP contribution in [0, 0.1) is 0 Å². The van der Waals surface area contributed by atoms with Crippen molar-refractivity contribution in [3.63, 3.8) is 0 Å². The summed E-state index contributed by atoms with van der Waals surface area (Å²) in [6, 6.07) is 24.9. The lowest BCUT2D eigenvalue weighted by molar-refractivity contribution is -0.119. The van der Waals surface area contributed by atoms with Gasteiger partial charge in [0.15, 0.2) is 5.78 Å². The topological polar surface area (TPSA) is 63.7 Å². The van der Waals surface area contributed by atoms with Crippen LogP contribution in [0.2, 0.25) is 0 Å². The van der Waals surface area contributed by atoms with E-state index >= 15 is 0 Å². The molecule has 2 amide bonds. The van der Waals surface area contributed by atoms with Crippen LogP contribution in [-0.2, 0) is 16.0 Å². The molecule has 0 bridgehead atoms. The lowest BCUT2D eigenvalue weighted by Gasteiger charge is -2.14. The van der Waals surface area contributed by atoms with E-state index in [1.165, 1.54) is 56.2 Å². The van der Waals surface area contributed by atoms with E-state index in [0.29, 0.717) is 17.9 Å². The monoisotopic (exact) mass is 535 g/mol. The number of anilines is 1. The summed E-state index contributed by atoms with van der Waals surface area (Å²) in [6.45, 7) is 0.667. The molecule has 0 atom stereocenters. The Morgan fingerprint density at radius 2 is 1.27 bits per heavy atom. The molecule has 0 aromatic heterocycles. The number of unbranched alkanes of at least 4 members (excludes halogenated alkanes) is 7. The Bertz CT molecular complexity index is 1290. The highest BCUT2D eigenvalue weighted by atomic mass is 16.5. The van der Waals surface area contributed by atoms with Gasteiger partial charge >= 0.3 is 0 Å².